The molecule has 1 amide bonds. The van der Waals surface area contributed by atoms with Gasteiger partial charge in [0.2, 0.25) is 15.9 Å². The number of rotatable bonds is 7. The van der Waals surface area contributed by atoms with E-state index in [1.165, 1.54) is 0 Å². The van der Waals surface area contributed by atoms with Crippen molar-refractivity contribution in [1.82, 2.24) is 10.0 Å². The van der Waals surface area contributed by atoms with E-state index in [0.717, 1.165) is 11.1 Å². The van der Waals surface area contributed by atoms with Crippen LogP contribution >= 0.6 is 0 Å². The van der Waals surface area contributed by atoms with Crippen LogP contribution in [0.1, 0.15) is 36.1 Å². The normalized spacial score (nSPS) is 14.3. The Kier molecular flexibility index (Phi) is 6.44. The fraction of sp³-hybridized carbons (Fsp3) is 0.381. The van der Waals surface area contributed by atoms with Crippen LogP contribution in [0.15, 0.2) is 41.3 Å². The van der Waals surface area contributed by atoms with Crippen LogP contribution in [-0.4, -0.2) is 34.1 Å². The van der Waals surface area contributed by atoms with Crippen molar-refractivity contribution >= 4 is 15.9 Å². The highest BCUT2D eigenvalue weighted by molar-refractivity contribution is 7.89. The number of carbonyl (C=O) groups excluding carboxylic acids is 1. The van der Waals surface area contributed by atoms with Crippen molar-refractivity contribution in [3.05, 3.63) is 53.1 Å². The van der Waals surface area contributed by atoms with E-state index in [2.05, 4.69) is 10.0 Å². The maximum atomic E-state index is 12.5. The summed E-state index contributed by atoms with van der Waals surface area (Å²) in [5, 5.41) is 2.88. The average Bonchev–Trinajstić information content (AvgIpc) is 2.69. The summed E-state index contributed by atoms with van der Waals surface area (Å²) < 4.78 is 38.6. The second kappa shape index (κ2) is 8.84. The highest BCUT2D eigenvalue weighted by atomic mass is 32.2. The maximum Gasteiger partial charge on any atom is 0.240 e. The van der Waals surface area contributed by atoms with Gasteiger partial charge in [0.05, 0.1) is 10.9 Å². The quantitative estimate of drug-likeness (QED) is 0.721. The minimum Gasteiger partial charge on any atom is -0.486 e. The number of carbonyl (C=O) groups is 1. The Balaban J connectivity index is 1.54. The van der Waals surface area contributed by atoms with Gasteiger partial charge in [0.1, 0.15) is 13.2 Å². The van der Waals surface area contributed by atoms with Gasteiger partial charge in [-0.1, -0.05) is 18.2 Å². The molecule has 1 aliphatic rings. The van der Waals surface area contributed by atoms with Crippen LogP contribution in [0, 0.1) is 13.8 Å². The molecule has 7 nitrogen and oxygen atoms in total. The highest BCUT2D eigenvalue weighted by Gasteiger charge is 2.18. The number of sulfonamides is 1. The molecule has 1 aliphatic heterocycles. The zero-order valence-electron chi connectivity index (χ0n) is 16.8. The number of fused-ring (bicyclic) bond motifs is 1. The van der Waals surface area contributed by atoms with Gasteiger partial charge in [0.15, 0.2) is 11.5 Å². The Morgan fingerprint density at radius 2 is 1.79 bits per heavy atom. The van der Waals surface area contributed by atoms with Gasteiger partial charge in [0.25, 0.3) is 0 Å². The molecule has 3 rings (SSSR count). The molecule has 2 aromatic rings. The molecular weight excluding hydrogens is 392 g/mol. The van der Waals surface area contributed by atoms with E-state index in [4.69, 9.17) is 9.47 Å². The average molecular weight is 419 g/mol. The monoisotopic (exact) mass is 418 g/mol. The number of aryl methyl sites for hydroxylation is 2. The van der Waals surface area contributed by atoms with Crippen LogP contribution in [0.25, 0.3) is 0 Å². The van der Waals surface area contributed by atoms with Crippen molar-refractivity contribution in [3.63, 3.8) is 0 Å². The topological polar surface area (TPSA) is 93.7 Å². The predicted molar refractivity (Wildman–Crippen MR) is 110 cm³/mol. The fourth-order valence-corrected chi connectivity index (χ4v) is 4.46. The number of hydrogen-bond donors (Lipinski definition) is 2. The van der Waals surface area contributed by atoms with E-state index in [9.17, 15) is 13.2 Å². The molecule has 1 atom stereocenters. The standard InChI is InChI=1S/C21H26N2O5S/c1-14-4-5-15(2)20(12-14)29(25,26)22-9-8-21(24)23-16(3)17-6-7-18-19(13-17)28-11-10-27-18/h4-7,12-13,16,22H,8-11H2,1-3H3,(H,23,24)/t16-/m1/s1. The van der Waals surface area contributed by atoms with Gasteiger partial charge in [0, 0.05) is 13.0 Å². The second-order valence-electron chi connectivity index (χ2n) is 7.11. The van der Waals surface area contributed by atoms with Crippen molar-refractivity contribution < 1.29 is 22.7 Å². The molecule has 0 aromatic heterocycles. The summed E-state index contributed by atoms with van der Waals surface area (Å²) >= 11 is 0. The summed E-state index contributed by atoms with van der Waals surface area (Å²) in [7, 11) is -3.66. The summed E-state index contributed by atoms with van der Waals surface area (Å²) in [5.41, 5.74) is 2.42. The zero-order valence-corrected chi connectivity index (χ0v) is 17.6. The minimum atomic E-state index is -3.66. The third kappa shape index (κ3) is 5.27. The van der Waals surface area contributed by atoms with Crippen LogP contribution in [0.4, 0.5) is 0 Å². The lowest BCUT2D eigenvalue weighted by Crippen LogP contribution is -2.32. The van der Waals surface area contributed by atoms with Gasteiger partial charge >= 0.3 is 0 Å². The van der Waals surface area contributed by atoms with Gasteiger partial charge in [-0.3, -0.25) is 4.79 Å². The molecule has 0 unspecified atom stereocenters. The van der Waals surface area contributed by atoms with Gasteiger partial charge in [-0.2, -0.15) is 0 Å². The smallest absolute Gasteiger partial charge is 0.240 e. The van der Waals surface area contributed by atoms with Crippen LogP contribution in [0.3, 0.4) is 0 Å². The van der Waals surface area contributed by atoms with E-state index in [1.54, 1.807) is 19.1 Å². The van der Waals surface area contributed by atoms with Gasteiger partial charge in [-0.25, -0.2) is 13.1 Å². The van der Waals surface area contributed by atoms with Gasteiger partial charge in [-0.15, -0.1) is 0 Å². The highest BCUT2D eigenvalue weighted by Crippen LogP contribution is 2.32. The van der Waals surface area contributed by atoms with Crippen LogP contribution in [0.5, 0.6) is 11.5 Å². The summed E-state index contributed by atoms with van der Waals surface area (Å²) in [4.78, 5) is 12.5. The fourth-order valence-electron chi connectivity index (χ4n) is 3.10. The Morgan fingerprint density at radius 3 is 2.55 bits per heavy atom. The van der Waals surface area contributed by atoms with Gasteiger partial charge < -0.3 is 14.8 Å². The Morgan fingerprint density at radius 1 is 1.07 bits per heavy atom. The molecule has 8 heteroatoms. The number of amides is 1. The molecule has 0 saturated carbocycles. The molecule has 0 aliphatic carbocycles. The molecule has 0 spiro atoms. The summed E-state index contributed by atoms with van der Waals surface area (Å²) in [6.07, 6.45) is 0.0407. The maximum absolute atomic E-state index is 12.5. The van der Waals surface area contributed by atoms with E-state index in [-0.39, 0.29) is 29.8 Å². The number of benzene rings is 2. The first-order valence-corrected chi connectivity index (χ1v) is 11.0. The molecular formula is C21H26N2O5S. The molecule has 156 valence electrons. The Labute approximate surface area is 171 Å². The third-order valence-corrected chi connectivity index (χ3v) is 6.32. The minimum absolute atomic E-state index is 0.0232. The third-order valence-electron chi connectivity index (χ3n) is 4.72. The largest absolute Gasteiger partial charge is 0.486 e. The van der Waals surface area contributed by atoms with Crippen molar-refractivity contribution in [3.8, 4) is 11.5 Å². The second-order valence-corrected chi connectivity index (χ2v) is 8.84. The first kappa shape index (κ1) is 21.1. The zero-order chi connectivity index (χ0) is 21.0. The lowest BCUT2D eigenvalue weighted by Gasteiger charge is -2.21. The summed E-state index contributed by atoms with van der Waals surface area (Å²) in [6, 6.07) is 10.6. The Hall–Kier alpha value is -2.58. The van der Waals surface area contributed by atoms with Crippen LogP contribution in [-0.2, 0) is 14.8 Å². The van der Waals surface area contributed by atoms with Crippen LogP contribution in [0.2, 0.25) is 0 Å². The lowest BCUT2D eigenvalue weighted by molar-refractivity contribution is -0.121. The molecule has 2 aromatic carbocycles. The van der Waals surface area contributed by atoms with Crippen molar-refractivity contribution in [1.29, 1.82) is 0 Å². The number of hydrogen-bond acceptors (Lipinski definition) is 5. The van der Waals surface area contributed by atoms with Crippen molar-refractivity contribution in [2.45, 2.75) is 38.1 Å². The van der Waals surface area contributed by atoms with Crippen molar-refractivity contribution in [2.24, 2.45) is 0 Å². The molecule has 29 heavy (non-hydrogen) atoms. The predicted octanol–water partition coefficient (Wildman–Crippen LogP) is 2.62. The summed E-state index contributed by atoms with van der Waals surface area (Å²) in [6.45, 7) is 6.49. The first-order valence-electron chi connectivity index (χ1n) is 9.52. The molecule has 0 fully saturated rings. The SMILES string of the molecule is Cc1ccc(C)c(S(=O)(=O)NCCC(=O)N[C@H](C)c2ccc3c(c2)OCCO3)c1. The van der Waals surface area contributed by atoms with E-state index < -0.39 is 10.0 Å². The van der Waals surface area contributed by atoms with E-state index >= 15 is 0 Å². The molecule has 0 radical (unpaired) electrons. The molecule has 0 bridgehead atoms. The van der Waals surface area contributed by atoms with Crippen molar-refractivity contribution in [2.75, 3.05) is 19.8 Å². The van der Waals surface area contributed by atoms with E-state index in [0.29, 0.717) is 30.3 Å². The first-order chi connectivity index (χ1) is 13.8. The van der Waals surface area contributed by atoms with E-state index in [1.807, 2.05) is 38.1 Å². The Bertz CT molecular complexity index is 1000. The number of nitrogens with one attached hydrogen (secondary N) is 2. The van der Waals surface area contributed by atoms with Gasteiger partial charge in [-0.05, 0) is 55.7 Å². The molecule has 2 N–H and O–H groups in total. The summed E-state index contributed by atoms with van der Waals surface area (Å²) in [5.74, 6) is 1.12. The number of ether oxygens (including phenoxy) is 2. The van der Waals surface area contributed by atoms with Crippen LogP contribution < -0.4 is 19.5 Å². The molecule has 1 heterocycles. The molecule has 0 saturated heterocycles. The lowest BCUT2D eigenvalue weighted by atomic mass is 10.1.